The van der Waals surface area contributed by atoms with Gasteiger partial charge in [-0.15, -0.1) is 0 Å². The van der Waals surface area contributed by atoms with E-state index in [4.69, 9.17) is 4.74 Å². The minimum absolute atomic E-state index is 0.166. The fraction of sp³-hybridized carbons (Fsp3) is 0.545. The lowest BCUT2D eigenvalue weighted by molar-refractivity contribution is 0.0559. The lowest BCUT2D eigenvalue weighted by Gasteiger charge is -2.42. The second-order valence-corrected chi connectivity index (χ2v) is 9.19. The second kappa shape index (κ2) is 6.07. The normalized spacial score (nSPS) is 22.9. The van der Waals surface area contributed by atoms with E-state index in [0.717, 1.165) is 18.7 Å². The molecule has 1 aliphatic heterocycles. The van der Waals surface area contributed by atoms with Crippen LogP contribution in [0, 0.1) is 5.41 Å². The first kappa shape index (κ1) is 17.3. The van der Waals surface area contributed by atoms with Crippen molar-refractivity contribution in [2.75, 3.05) is 6.54 Å². The average Bonchev–Trinajstić information content (AvgIpc) is 2.91. The summed E-state index contributed by atoms with van der Waals surface area (Å²) in [6.45, 7) is 15.0. The quantitative estimate of drug-likeness (QED) is 0.722. The van der Waals surface area contributed by atoms with Gasteiger partial charge in [0.15, 0.2) is 0 Å². The van der Waals surface area contributed by atoms with Crippen LogP contribution in [0.3, 0.4) is 0 Å². The van der Waals surface area contributed by atoms with Crippen LogP contribution in [-0.4, -0.2) is 29.1 Å². The maximum Gasteiger partial charge on any atom is 0.120 e. The van der Waals surface area contributed by atoms with E-state index in [1.165, 1.54) is 10.8 Å². The molecule has 1 fully saturated rings. The smallest absolute Gasteiger partial charge is 0.120 e. The maximum atomic E-state index is 6.39. The van der Waals surface area contributed by atoms with Crippen LogP contribution < -0.4 is 4.74 Å². The molecule has 1 aliphatic rings. The molecule has 3 rings (SSSR count). The van der Waals surface area contributed by atoms with E-state index in [0.29, 0.717) is 6.04 Å². The molecule has 0 amide bonds. The Morgan fingerprint density at radius 3 is 2.17 bits per heavy atom. The highest BCUT2D eigenvalue weighted by Crippen LogP contribution is 2.38. The number of rotatable bonds is 2. The third-order valence-electron chi connectivity index (χ3n) is 5.15. The molecular formula is C22H31NO. The molecule has 0 bridgehead atoms. The molecule has 2 nitrogen and oxygen atoms in total. The highest BCUT2D eigenvalue weighted by molar-refractivity contribution is 5.83. The van der Waals surface area contributed by atoms with Crippen LogP contribution >= 0.6 is 0 Å². The summed E-state index contributed by atoms with van der Waals surface area (Å²) in [5, 5.41) is 2.51. The van der Waals surface area contributed by atoms with Crippen LogP contribution in [0.5, 0.6) is 5.75 Å². The Kier molecular flexibility index (Phi) is 4.37. The summed E-state index contributed by atoms with van der Waals surface area (Å²) in [7, 11) is 0. The largest absolute Gasteiger partial charge is 0.489 e. The van der Waals surface area contributed by atoms with Crippen molar-refractivity contribution < 1.29 is 4.74 Å². The lowest BCUT2D eigenvalue weighted by atomic mass is 9.83. The summed E-state index contributed by atoms with van der Waals surface area (Å²) >= 11 is 0. The minimum Gasteiger partial charge on any atom is -0.489 e. The van der Waals surface area contributed by atoms with Crippen molar-refractivity contribution in [2.45, 2.75) is 65.6 Å². The van der Waals surface area contributed by atoms with Crippen molar-refractivity contribution in [1.82, 2.24) is 4.90 Å². The van der Waals surface area contributed by atoms with Crippen LogP contribution in [0.1, 0.15) is 48.0 Å². The fourth-order valence-corrected chi connectivity index (χ4v) is 3.88. The van der Waals surface area contributed by atoms with Crippen molar-refractivity contribution in [3.63, 3.8) is 0 Å². The zero-order valence-electron chi connectivity index (χ0n) is 16.0. The summed E-state index contributed by atoms with van der Waals surface area (Å²) < 4.78 is 6.39. The van der Waals surface area contributed by atoms with Crippen molar-refractivity contribution in [3.8, 4) is 5.75 Å². The zero-order chi connectivity index (χ0) is 17.5. The van der Waals surface area contributed by atoms with Gasteiger partial charge in [-0.3, -0.25) is 4.90 Å². The number of hydrogen-bond acceptors (Lipinski definition) is 2. The number of benzene rings is 2. The molecule has 1 heterocycles. The Morgan fingerprint density at radius 2 is 1.58 bits per heavy atom. The Labute approximate surface area is 146 Å². The Hall–Kier alpha value is -1.54. The van der Waals surface area contributed by atoms with Crippen molar-refractivity contribution >= 4 is 10.8 Å². The summed E-state index contributed by atoms with van der Waals surface area (Å²) in [6.07, 6.45) is 1.35. The fourth-order valence-electron chi connectivity index (χ4n) is 3.88. The van der Waals surface area contributed by atoms with Gasteiger partial charge in [-0.05, 0) is 49.1 Å². The number of fused-ring (bicyclic) bond motifs is 1. The van der Waals surface area contributed by atoms with E-state index >= 15 is 0 Å². The summed E-state index contributed by atoms with van der Waals surface area (Å²) in [6, 6.07) is 15.4. The molecule has 0 N–H and O–H groups in total. The lowest BCUT2D eigenvalue weighted by Crippen LogP contribution is -2.49. The van der Waals surface area contributed by atoms with Gasteiger partial charge in [0.1, 0.15) is 11.9 Å². The Morgan fingerprint density at radius 1 is 0.917 bits per heavy atom. The topological polar surface area (TPSA) is 12.5 Å². The summed E-state index contributed by atoms with van der Waals surface area (Å²) in [5.74, 6) is 0.988. The molecule has 0 saturated carbocycles. The van der Waals surface area contributed by atoms with Crippen molar-refractivity contribution in [1.29, 1.82) is 0 Å². The van der Waals surface area contributed by atoms with Crippen LogP contribution in [0.15, 0.2) is 42.5 Å². The molecule has 2 atom stereocenters. The number of hydrogen-bond donors (Lipinski definition) is 0. The van der Waals surface area contributed by atoms with Gasteiger partial charge in [-0.25, -0.2) is 0 Å². The van der Waals surface area contributed by atoms with Gasteiger partial charge in [0, 0.05) is 24.5 Å². The number of likely N-dealkylation sites (tertiary alicyclic amines) is 1. The van der Waals surface area contributed by atoms with Crippen LogP contribution in [0.4, 0.5) is 0 Å². The Bertz CT molecular complexity index is 686. The van der Waals surface area contributed by atoms with Gasteiger partial charge in [0.05, 0.1) is 0 Å². The van der Waals surface area contributed by atoms with Crippen LogP contribution in [0.25, 0.3) is 10.8 Å². The Balaban J connectivity index is 1.79. The van der Waals surface area contributed by atoms with Gasteiger partial charge < -0.3 is 4.74 Å². The first-order valence-electron chi connectivity index (χ1n) is 9.07. The molecule has 130 valence electrons. The molecule has 0 radical (unpaired) electrons. The minimum atomic E-state index is 0.166. The second-order valence-electron chi connectivity index (χ2n) is 9.19. The third kappa shape index (κ3) is 3.59. The molecule has 24 heavy (non-hydrogen) atoms. The van der Waals surface area contributed by atoms with Gasteiger partial charge >= 0.3 is 0 Å². The van der Waals surface area contributed by atoms with E-state index in [2.05, 4.69) is 88.9 Å². The number of ether oxygens (including phenoxy) is 1. The number of nitrogens with zero attached hydrogens (tertiary/aromatic N) is 1. The summed E-state index contributed by atoms with van der Waals surface area (Å²) in [5.41, 5.74) is 0.425. The molecule has 2 unspecified atom stereocenters. The van der Waals surface area contributed by atoms with E-state index in [1.54, 1.807) is 0 Å². The molecular weight excluding hydrogens is 294 g/mol. The van der Waals surface area contributed by atoms with E-state index < -0.39 is 0 Å². The highest BCUT2D eigenvalue weighted by Gasteiger charge is 2.44. The predicted molar refractivity (Wildman–Crippen MR) is 103 cm³/mol. The van der Waals surface area contributed by atoms with Crippen molar-refractivity contribution in [3.05, 3.63) is 42.5 Å². The summed E-state index contributed by atoms with van der Waals surface area (Å²) in [4.78, 5) is 2.62. The van der Waals surface area contributed by atoms with E-state index in [-0.39, 0.29) is 17.1 Å². The van der Waals surface area contributed by atoms with E-state index in [9.17, 15) is 0 Å². The van der Waals surface area contributed by atoms with Crippen LogP contribution in [0.2, 0.25) is 0 Å². The van der Waals surface area contributed by atoms with Gasteiger partial charge in [-0.2, -0.15) is 0 Å². The first-order valence-corrected chi connectivity index (χ1v) is 9.07. The van der Waals surface area contributed by atoms with Crippen LogP contribution in [-0.2, 0) is 0 Å². The van der Waals surface area contributed by atoms with Gasteiger partial charge in [0.25, 0.3) is 0 Å². The average molecular weight is 325 g/mol. The monoisotopic (exact) mass is 325 g/mol. The van der Waals surface area contributed by atoms with Crippen molar-refractivity contribution in [2.24, 2.45) is 5.41 Å². The zero-order valence-corrected chi connectivity index (χ0v) is 16.0. The molecule has 0 aliphatic carbocycles. The molecule has 0 aromatic heterocycles. The maximum absolute atomic E-state index is 6.39. The standard InChI is InChI=1S/C22H31NO/c1-21(2,3)20-14-19(15-23(20)22(4,5)6)24-18-12-11-16-9-7-8-10-17(16)13-18/h7-13,19-20H,14-15H2,1-6H3. The molecule has 2 heteroatoms. The SMILES string of the molecule is CC(C)(C)C1CC(Oc2ccc3ccccc3c2)CN1C(C)(C)C. The molecule has 2 aromatic rings. The molecule has 0 spiro atoms. The van der Waals surface area contributed by atoms with Gasteiger partial charge in [0.2, 0.25) is 0 Å². The predicted octanol–water partition coefficient (Wildman–Crippen LogP) is 5.51. The van der Waals surface area contributed by atoms with Gasteiger partial charge in [-0.1, -0.05) is 51.1 Å². The molecule has 1 saturated heterocycles. The van der Waals surface area contributed by atoms with E-state index in [1.807, 2.05) is 0 Å². The first-order chi connectivity index (χ1) is 11.1. The highest BCUT2D eigenvalue weighted by atomic mass is 16.5. The third-order valence-corrected chi connectivity index (χ3v) is 5.15. The molecule has 2 aromatic carbocycles.